The molecule has 0 fully saturated rings. The Kier molecular flexibility index (Phi) is 3.99. The van der Waals surface area contributed by atoms with Gasteiger partial charge in [0.05, 0.1) is 10.6 Å². The van der Waals surface area contributed by atoms with E-state index in [4.69, 9.17) is 5.73 Å². The zero-order valence-electron chi connectivity index (χ0n) is 11.6. The van der Waals surface area contributed by atoms with E-state index in [0.29, 0.717) is 22.8 Å². The fraction of sp³-hybridized carbons (Fsp3) is 0.200. The Morgan fingerprint density at radius 3 is 2.40 bits per heavy atom. The van der Waals surface area contributed by atoms with Crippen LogP contribution in [0.3, 0.4) is 0 Å². The molecule has 0 bridgehead atoms. The smallest absolute Gasteiger partial charge is 0.264 e. The Morgan fingerprint density at radius 2 is 1.80 bits per heavy atom. The number of hydrogen-bond donors (Lipinski definition) is 1. The monoisotopic (exact) mass is 290 g/mol. The van der Waals surface area contributed by atoms with Crippen molar-refractivity contribution in [3.05, 3.63) is 54.1 Å². The van der Waals surface area contributed by atoms with Gasteiger partial charge in [-0.15, -0.1) is 0 Å². The van der Waals surface area contributed by atoms with Crippen LogP contribution in [0, 0.1) is 6.92 Å². The molecule has 2 aromatic carbocycles. The van der Waals surface area contributed by atoms with E-state index in [2.05, 4.69) is 0 Å². The first kappa shape index (κ1) is 14.4. The lowest BCUT2D eigenvalue weighted by atomic mass is 10.2. The number of sulfonamides is 1. The van der Waals surface area contributed by atoms with Crippen molar-refractivity contribution < 1.29 is 8.42 Å². The largest absolute Gasteiger partial charge is 0.399 e. The topological polar surface area (TPSA) is 63.4 Å². The second-order valence-corrected chi connectivity index (χ2v) is 6.36. The molecule has 106 valence electrons. The van der Waals surface area contributed by atoms with Gasteiger partial charge in [0.15, 0.2) is 0 Å². The quantitative estimate of drug-likeness (QED) is 0.881. The van der Waals surface area contributed by atoms with Crippen LogP contribution in [0.5, 0.6) is 0 Å². The van der Waals surface area contributed by atoms with Gasteiger partial charge in [-0.25, -0.2) is 8.42 Å². The van der Waals surface area contributed by atoms with Crippen LogP contribution in [-0.2, 0) is 10.0 Å². The summed E-state index contributed by atoms with van der Waals surface area (Å²) < 4.78 is 26.9. The van der Waals surface area contributed by atoms with Crippen molar-refractivity contribution in [2.45, 2.75) is 18.7 Å². The first-order valence-electron chi connectivity index (χ1n) is 6.40. The Balaban J connectivity index is 2.54. The fourth-order valence-corrected chi connectivity index (χ4v) is 3.83. The standard InChI is InChI=1S/C15H18N2O2S/c1-3-17(14-9-6-8-13(16)11-14)20(18,19)15-10-5-4-7-12(15)2/h4-11H,3,16H2,1-2H3. The summed E-state index contributed by atoms with van der Waals surface area (Å²) in [5.41, 5.74) is 7.59. The molecule has 5 heteroatoms. The zero-order valence-corrected chi connectivity index (χ0v) is 12.4. The van der Waals surface area contributed by atoms with Crippen LogP contribution < -0.4 is 10.0 Å². The second-order valence-electron chi connectivity index (χ2n) is 4.53. The second kappa shape index (κ2) is 5.54. The van der Waals surface area contributed by atoms with E-state index in [1.165, 1.54) is 4.31 Å². The van der Waals surface area contributed by atoms with Crippen molar-refractivity contribution in [1.82, 2.24) is 0 Å². The van der Waals surface area contributed by atoms with E-state index in [1.54, 1.807) is 56.3 Å². The lowest BCUT2D eigenvalue weighted by Crippen LogP contribution is -2.31. The molecule has 4 nitrogen and oxygen atoms in total. The summed E-state index contributed by atoms with van der Waals surface area (Å²) in [6.45, 7) is 3.94. The summed E-state index contributed by atoms with van der Waals surface area (Å²) in [6.07, 6.45) is 0. The van der Waals surface area contributed by atoms with Crippen molar-refractivity contribution in [3.8, 4) is 0 Å². The first-order valence-corrected chi connectivity index (χ1v) is 7.84. The first-order chi connectivity index (χ1) is 9.46. The predicted octanol–water partition coefficient (Wildman–Crippen LogP) is 2.79. The van der Waals surface area contributed by atoms with E-state index in [9.17, 15) is 8.42 Å². The highest BCUT2D eigenvalue weighted by Crippen LogP contribution is 2.26. The van der Waals surface area contributed by atoms with E-state index < -0.39 is 10.0 Å². The van der Waals surface area contributed by atoms with Gasteiger partial charge in [-0.1, -0.05) is 24.3 Å². The fourth-order valence-electron chi connectivity index (χ4n) is 2.14. The minimum absolute atomic E-state index is 0.323. The molecule has 0 spiro atoms. The molecule has 0 aliphatic heterocycles. The Bertz CT molecular complexity index is 711. The molecule has 0 aromatic heterocycles. The average Bonchev–Trinajstić information content (AvgIpc) is 2.39. The number of nitrogens with two attached hydrogens (primary N) is 1. The number of benzene rings is 2. The van der Waals surface area contributed by atoms with Crippen molar-refractivity contribution in [3.63, 3.8) is 0 Å². The van der Waals surface area contributed by atoms with Crippen LogP contribution in [0.15, 0.2) is 53.4 Å². The summed E-state index contributed by atoms with van der Waals surface area (Å²) in [5, 5.41) is 0. The third-order valence-electron chi connectivity index (χ3n) is 3.11. The van der Waals surface area contributed by atoms with Gasteiger partial charge >= 0.3 is 0 Å². The molecule has 0 amide bonds. The third-order valence-corrected chi connectivity index (χ3v) is 5.17. The van der Waals surface area contributed by atoms with E-state index in [1.807, 2.05) is 6.07 Å². The number of aryl methyl sites for hydroxylation is 1. The Morgan fingerprint density at radius 1 is 1.10 bits per heavy atom. The molecule has 20 heavy (non-hydrogen) atoms. The van der Waals surface area contributed by atoms with E-state index >= 15 is 0 Å². The van der Waals surface area contributed by atoms with Crippen molar-refractivity contribution in [1.29, 1.82) is 0 Å². The molecule has 2 rings (SSSR count). The van der Waals surface area contributed by atoms with Gasteiger partial charge in [0, 0.05) is 12.2 Å². The summed E-state index contributed by atoms with van der Waals surface area (Å²) in [5.74, 6) is 0. The number of anilines is 2. The molecule has 0 aliphatic carbocycles. The van der Waals surface area contributed by atoms with Gasteiger partial charge in [0.1, 0.15) is 0 Å². The molecule has 2 aromatic rings. The summed E-state index contributed by atoms with van der Waals surface area (Å²) in [6, 6.07) is 13.9. The van der Waals surface area contributed by atoms with Crippen LogP contribution in [-0.4, -0.2) is 15.0 Å². The molecule has 0 aliphatic rings. The van der Waals surface area contributed by atoms with Crippen LogP contribution in [0.4, 0.5) is 11.4 Å². The van der Waals surface area contributed by atoms with Gasteiger partial charge in [-0.05, 0) is 43.7 Å². The molecular weight excluding hydrogens is 272 g/mol. The van der Waals surface area contributed by atoms with Crippen LogP contribution >= 0.6 is 0 Å². The summed E-state index contributed by atoms with van der Waals surface area (Å²) in [4.78, 5) is 0.323. The normalized spacial score (nSPS) is 11.3. The Hall–Kier alpha value is -2.01. The molecule has 0 radical (unpaired) electrons. The van der Waals surface area contributed by atoms with Crippen molar-refractivity contribution >= 4 is 21.4 Å². The maximum atomic E-state index is 12.8. The maximum Gasteiger partial charge on any atom is 0.264 e. The van der Waals surface area contributed by atoms with Gasteiger partial charge in [0.25, 0.3) is 10.0 Å². The predicted molar refractivity (Wildman–Crippen MR) is 82.2 cm³/mol. The minimum atomic E-state index is -3.57. The van der Waals surface area contributed by atoms with E-state index in [0.717, 1.165) is 5.56 Å². The van der Waals surface area contributed by atoms with Crippen molar-refractivity contribution in [2.24, 2.45) is 0 Å². The van der Waals surface area contributed by atoms with Gasteiger partial charge in [-0.3, -0.25) is 4.31 Å². The maximum absolute atomic E-state index is 12.8. The molecule has 0 saturated heterocycles. The number of nitrogen functional groups attached to an aromatic ring is 1. The number of rotatable bonds is 4. The molecule has 0 heterocycles. The molecule has 2 N–H and O–H groups in total. The molecular formula is C15H18N2O2S. The van der Waals surface area contributed by atoms with E-state index in [-0.39, 0.29) is 0 Å². The summed E-state index contributed by atoms with van der Waals surface area (Å²) >= 11 is 0. The SMILES string of the molecule is CCN(c1cccc(N)c1)S(=O)(=O)c1ccccc1C. The summed E-state index contributed by atoms with van der Waals surface area (Å²) in [7, 11) is -3.57. The highest BCUT2D eigenvalue weighted by atomic mass is 32.2. The third kappa shape index (κ3) is 2.63. The molecule has 0 atom stereocenters. The lowest BCUT2D eigenvalue weighted by molar-refractivity contribution is 0.591. The average molecular weight is 290 g/mol. The molecule has 0 unspecified atom stereocenters. The van der Waals surface area contributed by atoms with Gasteiger partial charge in [0.2, 0.25) is 0 Å². The van der Waals surface area contributed by atoms with Crippen LogP contribution in [0.1, 0.15) is 12.5 Å². The van der Waals surface area contributed by atoms with Crippen LogP contribution in [0.25, 0.3) is 0 Å². The highest BCUT2D eigenvalue weighted by Gasteiger charge is 2.24. The number of nitrogens with zero attached hydrogens (tertiary/aromatic N) is 1. The van der Waals surface area contributed by atoms with Crippen molar-refractivity contribution in [2.75, 3.05) is 16.6 Å². The minimum Gasteiger partial charge on any atom is -0.399 e. The Labute approximate surface area is 119 Å². The molecule has 0 saturated carbocycles. The number of hydrogen-bond acceptors (Lipinski definition) is 3. The van der Waals surface area contributed by atoms with Crippen LogP contribution in [0.2, 0.25) is 0 Å². The van der Waals surface area contributed by atoms with Gasteiger partial charge in [-0.2, -0.15) is 0 Å². The van der Waals surface area contributed by atoms with Gasteiger partial charge < -0.3 is 5.73 Å². The lowest BCUT2D eigenvalue weighted by Gasteiger charge is -2.24. The highest BCUT2D eigenvalue weighted by molar-refractivity contribution is 7.92. The zero-order chi connectivity index (χ0) is 14.8.